The summed E-state index contributed by atoms with van der Waals surface area (Å²) in [6, 6.07) is 8.30. The second kappa shape index (κ2) is 8.71. The van der Waals surface area contributed by atoms with Gasteiger partial charge in [-0.25, -0.2) is 0 Å². The maximum Gasteiger partial charge on any atom is 0.118 e. The average Bonchev–Trinajstić information content (AvgIpc) is 2.38. The van der Waals surface area contributed by atoms with Crippen LogP contribution in [0.2, 0.25) is 0 Å². The summed E-state index contributed by atoms with van der Waals surface area (Å²) in [5, 5.41) is 0. The first-order valence-electron chi connectivity index (χ1n) is 5.98. The normalized spacial score (nSPS) is 12.4. The molecule has 1 rings (SSSR count). The topological polar surface area (TPSA) is 9.23 Å². The van der Waals surface area contributed by atoms with Crippen molar-refractivity contribution in [3.05, 3.63) is 29.8 Å². The van der Waals surface area contributed by atoms with E-state index in [1.807, 2.05) is 23.9 Å². The van der Waals surface area contributed by atoms with E-state index in [0.717, 1.165) is 18.1 Å². The minimum Gasteiger partial charge on any atom is -0.497 e. The first-order valence-corrected chi connectivity index (χ1v) is 7.90. The summed E-state index contributed by atoms with van der Waals surface area (Å²) in [5.74, 6) is 3.49. The summed E-state index contributed by atoms with van der Waals surface area (Å²) >= 11 is 7.93. The number of methoxy groups -OCH3 is 1. The first-order chi connectivity index (χ1) is 8.30. The van der Waals surface area contributed by atoms with Gasteiger partial charge in [-0.05, 0) is 54.9 Å². The number of thioether (sulfide) groups is 1. The van der Waals surface area contributed by atoms with E-state index in [4.69, 9.17) is 16.3 Å². The summed E-state index contributed by atoms with van der Waals surface area (Å²) in [4.78, 5) is 0. The number of hydrogen-bond acceptors (Lipinski definition) is 2. The minimum atomic E-state index is 0.595. The van der Waals surface area contributed by atoms with Crippen LogP contribution in [0.3, 0.4) is 0 Å². The molecule has 0 radical (unpaired) electrons. The van der Waals surface area contributed by atoms with E-state index in [0.29, 0.717) is 5.92 Å². The quantitative estimate of drug-likeness (QED) is 0.517. The zero-order chi connectivity index (χ0) is 12.5. The maximum absolute atomic E-state index is 6.02. The molecular formula is C14H21ClOS. The summed E-state index contributed by atoms with van der Waals surface area (Å²) in [6.07, 6.45) is 5.70. The number of rotatable bonds is 8. The molecule has 0 aliphatic carbocycles. The summed E-state index contributed by atoms with van der Waals surface area (Å²) in [5.41, 5.74) is 1.35. The van der Waals surface area contributed by atoms with E-state index >= 15 is 0 Å². The Hall–Kier alpha value is -0.340. The van der Waals surface area contributed by atoms with Gasteiger partial charge in [0.1, 0.15) is 5.75 Å². The lowest BCUT2D eigenvalue weighted by atomic mass is 9.97. The van der Waals surface area contributed by atoms with Crippen molar-refractivity contribution >= 4 is 23.4 Å². The number of benzene rings is 1. The summed E-state index contributed by atoms with van der Waals surface area (Å²) < 4.78 is 5.15. The average molecular weight is 273 g/mol. The van der Waals surface area contributed by atoms with Crippen molar-refractivity contribution in [1.29, 1.82) is 0 Å². The van der Waals surface area contributed by atoms with Gasteiger partial charge in [0.15, 0.2) is 0 Å². The summed E-state index contributed by atoms with van der Waals surface area (Å²) in [7, 11) is 1.69. The molecule has 0 amide bonds. The molecule has 0 saturated heterocycles. The van der Waals surface area contributed by atoms with E-state index in [2.05, 4.69) is 18.4 Å². The highest BCUT2D eigenvalue weighted by Gasteiger charge is 2.08. The van der Waals surface area contributed by atoms with Gasteiger partial charge in [-0.3, -0.25) is 0 Å². The van der Waals surface area contributed by atoms with Gasteiger partial charge in [-0.1, -0.05) is 12.1 Å². The third kappa shape index (κ3) is 5.69. The molecule has 0 bridgehead atoms. The number of hydrogen-bond donors (Lipinski definition) is 0. The van der Waals surface area contributed by atoms with Gasteiger partial charge in [-0.15, -0.1) is 11.6 Å². The Morgan fingerprint density at radius 2 is 2.00 bits per heavy atom. The van der Waals surface area contributed by atoms with Crippen molar-refractivity contribution < 1.29 is 4.74 Å². The van der Waals surface area contributed by atoms with Crippen LogP contribution in [0.5, 0.6) is 5.75 Å². The van der Waals surface area contributed by atoms with Gasteiger partial charge in [0, 0.05) is 5.88 Å². The third-order valence-corrected chi connectivity index (χ3v) is 4.00. The lowest BCUT2D eigenvalue weighted by Crippen LogP contribution is -2.07. The molecule has 1 atom stereocenters. The largest absolute Gasteiger partial charge is 0.497 e. The van der Waals surface area contributed by atoms with Crippen molar-refractivity contribution in [2.75, 3.05) is 25.0 Å². The molecule has 0 fully saturated rings. The molecule has 96 valence electrons. The maximum atomic E-state index is 6.02. The lowest BCUT2D eigenvalue weighted by molar-refractivity contribution is 0.414. The number of halogens is 1. The molecule has 0 saturated carbocycles. The minimum absolute atomic E-state index is 0.595. The fourth-order valence-electron chi connectivity index (χ4n) is 1.85. The van der Waals surface area contributed by atoms with Crippen LogP contribution in [0.4, 0.5) is 0 Å². The fourth-order valence-corrected chi connectivity index (χ4v) is 2.56. The molecule has 17 heavy (non-hydrogen) atoms. The molecular weight excluding hydrogens is 252 g/mol. The standard InChI is InChI=1S/C14H21ClOS/c1-16-14-7-5-12(6-8-14)10-13(11-15)4-3-9-17-2/h5-8,13H,3-4,9-11H2,1-2H3. The van der Waals surface area contributed by atoms with Crippen molar-refractivity contribution in [3.8, 4) is 5.75 Å². The van der Waals surface area contributed by atoms with Gasteiger partial charge in [0.05, 0.1) is 7.11 Å². The molecule has 0 aromatic heterocycles. The van der Waals surface area contributed by atoms with Gasteiger partial charge in [0.25, 0.3) is 0 Å². The Morgan fingerprint density at radius 3 is 2.53 bits per heavy atom. The van der Waals surface area contributed by atoms with Gasteiger partial charge >= 0.3 is 0 Å². The molecule has 1 aromatic rings. The number of alkyl halides is 1. The van der Waals surface area contributed by atoms with Crippen molar-refractivity contribution in [2.24, 2.45) is 5.92 Å². The van der Waals surface area contributed by atoms with E-state index in [9.17, 15) is 0 Å². The zero-order valence-corrected chi connectivity index (χ0v) is 12.2. The van der Waals surface area contributed by atoms with Crippen molar-refractivity contribution in [2.45, 2.75) is 19.3 Å². The molecule has 3 heteroatoms. The fraction of sp³-hybridized carbons (Fsp3) is 0.571. The Bertz CT molecular complexity index is 300. The molecule has 0 N–H and O–H groups in total. The molecule has 0 heterocycles. The van der Waals surface area contributed by atoms with Crippen LogP contribution in [-0.4, -0.2) is 25.0 Å². The zero-order valence-electron chi connectivity index (χ0n) is 10.6. The van der Waals surface area contributed by atoms with E-state index in [-0.39, 0.29) is 0 Å². The van der Waals surface area contributed by atoms with E-state index in [1.165, 1.54) is 24.2 Å². The second-order valence-electron chi connectivity index (χ2n) is 4.21. The van der Waals surface area contributed by atoms with Crippen molar-refractivity contribution in [1.82, 2.24) is 0 Å². The third-order valence-electron chi connectivity index (χ3n) is 2.86. The van der Waals surface area contributed by atoms with Crippen LogP contribution in [-0.2, 0) is 6.42 Å². The molecule has 1 nitrogen and oxygen atoms in total. The Kier molecular flexibility index (Phi) is 7.54. The Labute approximate surface area is 114 Å². The number of ether oxygens (including phenoxy) is 1. The van der Waals surface area contributed by atoms with E-state index < -0.39 is 0 Å². The summed E-state index contributed by atoms with van der Waals surface area (Å²) in [6.45, 7) is 0. The molecule has 0 aliphatic rings. The van der Waals surface area contributed by atoms with Gasteiger partial charge < -0.3 is 4.74 Å². The molecule has 0 aliphatic heterocycles. The molecule has 1 aromatic carbocycles. The monoisotopic (exact) mass is 272 g/mol. The van der Waals surface area contributed by atoms with Crippen LogP contribution in [0.25, 0.3) is 0 Å². The van der Waals surface area contributed by atoms with Crippen LogP contribution >= 0.6 is 23.4 Å². The SMILES string of the molecule is COc1ccc(CC(CCl)CCCSC)cc1. The second-order valence-corrected chi connectivity index (χ2v) is 5.50. The Balaban J connectivity index is 2.43. The van der Waals surface area contributed by atoms with Crippen molar-refractivity contribution in [3.63, 3.8) is 0 Å². The van der Waals surface area contributed by atoms with E-state index in [1.54, 1.807) is 7.11 Å². The molecule has 1 unspecified atom stereocenters. The predicted octanol–water partition coefficient (Wildman–Crippen LogP) is 4.24. The van der Waals surface area contributed by atoms with Crippen LogP contribution < -0.4 is 4.74 Å². The first kappa shape index (κ1) is 14.7. The van der Waals surface area contributed by atoms with Crippen LogP contribution in [0, 0.1) is 5.92 Å². The highest BCUT2D eigenvalue weighted by molar-refractivity contribution is 7.98. The van der Waals surface area contributed by atoms with Crippen LogP contribution in [0.1, 0.15) is 18.4 Å². The highest BCUT2D eigenvalue weighted by atomic mass is 35.5. The smallest absolute Gasteiger partial charge is 0.118 e. The van der Waals surface area contributed by atoms with Gasteiger partial charge in [0.2, 0.25) is 0 Å². The lowest BCUT2D eigenvalue weighted by Gasteiger charge is -2.13. The van der Waals surface area contributed by atoms with Crippen LogP contribution in [0.15, 0.2) is 24.3 Å². The Morgan fingerprint density at radius 1 is 1.29 bits per heavy atom. The predicted molar refractivity (Wildman–Crippen MR) is 78.5 cm³/mol. The van der Waals surface area contributed by atoms with Gasteiger partial charge in [-0.2, -0.15) is 11.8 Å². The highest BCUT2D eigenvalue weighted by Crippen LogP contribution is 2.19. The molecule has 0 spiro atoms.